The Labute approximate surface area is 98.4 Å². The van der Waals surface area contributed by atoms with Crippen molar-refractivity contribution in [3.8, 4) is 6.07 Å². The molecule has 2 aromatic rings. The average Bonchev–Trinajstić information content (AvgIpc) is 2.72. The van der Waals surface area contributed by atoms with Gasteiger partial charge in [-0.25, -0.2) is 4.98 Å². The maximum Gasteiger partial charge on any atom is 0.142 e. The van der Waals surface area contributed by atoms with Gasteiger partial charge in [0.05, 0.1) is 0 Å². The maximum absolute atomic E-state index is 8.72. The van der Waals surface area contributed by atoms with E-state index < -0.39 is 0 Å². The zero-order chi connectivity index (χ0) is 11.4. The molecule has 0 radical (unpaired) electrons. The first-order chi connectivity index (χ1) is 7.79. The first kappa shape index (κ1) is 10.7. The van der Waals surface area contributed by atoms with Crippen LogP contribution in [0.2, 0.25) is 0 Å². The molecular weight excluding hydrogens is 218 g/mol. The van der Waals surface area contributed by atoms with E-state index in [9.17, 15) is 0 Å². The van der Waals surface area contributed by atoms with Crippen LogP contribution < -0.4 is 5.32 Å². The van der Waals surface area contributed by atoms with Crippen molar-refractivity contribution < 1.29 is 0 Å². The molecule has 2 rings (SSSR count). The minimum Gasteiger partial charge on any atom is -0.381 e. The van der Waals surface area contributed by atoms with Gasteiger partial charge in [-0.3, -0.25) is 0 Å². The van der Waals surface area contributed by atoms with Gasteiger partial charge in [-0.15, -0.1) is 0 Å². The lowest BCUT2D eigenvalue weighted by Gasteiger charge is -2.05. The number of aryl methyl sites for hydroxylation is 1. The third kappa shape index (κ3) is 2.38. The topological polar surface area (TPSA) is 48.7 Å². The van der Waals surface area contributed by atoms with Gasteiger partial charge in [0, 0.05) is 18.4 Å². The molecule has 0 unspecified atom stereocenters. The van der Waals surface area contributed by atoms with Crippen LogP contribution in [0.4, 0.5) is 5.69 Å². The number of hydrogen-bond acceptors (Lipinski definition) is 4. The standard InChI is InChI=1S/C12H11N3S/c1-9-7-16-8-10(9)6-15-11-2-3-14-12(4-11)5-13/h2-4,7-8H,6H2,1H3,(H,14,15). The Balaban J connectivity index is 2.05. The van der Waals surface area contributed by atoms with Gasteiger partial charge in [0.25, 0.3) is 0 Å². The summed E-state index contributed by atoms with van der Waals surface area (Å²) in [5.41, 5.74) is 3.96. The monoisotopic (exact) mass is 229 g/mol. The van der Waals surface area contributed by atoms with Crippen molar-refractivity contribution in [1.82, 2.24) is 4.98 Å². The lowest BCUT2D eigenvalue weighted by Crippen LogP contribution is -2.00. The Bertz CT molecular complexity index is 525. The van der Waals surface area contributed by atoms with Gasteiger partial charge < -0.3 is 5.32 Å². The van der Waals surface area contributed by atoms with Gasteiger partial charge in [-0.2, -0.15) is 16.6 Å². The van der Waals surface area contributed by atoms with Crippen LogP contribution in [0.3, 0.4) is 0 Å². The Morgan fingerprint density at radius 3 is 3.06 bits per heavy atom. The molecule has 0 aliphatic rings. The smallest absolute Gasteiger partial charge is 0.142 e. The minimum absolute atomic E-state index is 0.437. The van der Waals surface area contributed by atoms with E-state index in [1.165, 1.54) is 11.1 Å². The quantitative estimate of drug-likeness (QED) is 0.880. The number of hydrogen-bond donors (Lipinski definition) is 1. The minimum atomic E-state index is 0.437. The van der Waals surface area contributed by atoms with Gasteiger partial charge in [0.1, 0.15) is 11.8 Å². The van der Waals surface area contributed by atoms with E-state index in [-0.39, 0.29) is 0 Å². The number of nitriles is 1. The lowest BCUT2D eigenvalue weighted by molar-refractivity contribution is 1.13. The van der Waals surface area contributed by atoms with Crippen molar-refractivity contribution in [1.29, 1.82) is 5.26 Å². The Morgan fingerprint density at radius 1 is 1.50 bits per heavy atom. The molecule has 0 saturated carbocycles. The van der Waals surface area contributed by atoms with Crippen LogP contribution in [0.1, 0.15) is 16.8 Å². The summed E-state index contributed by atoms with van der Waals surface area (Å²) in [7, 11) is 0. The summed E-state index contributed by atoms with van der Waals surface area (Å²) in [5.74, 6) is 0. The van der Waals surface area contributed by atoms with Crippen molar-refractivity contribution in [3.05, 3.63) is 45.9 Å². The molecule has 16 heavy (non-hydrogen) atoms. The highest BCUT2D eigenvalue weighted by Crippen LogP contribution is 2.16. The number of thiophene rings is 1. The van der Waals surface area contributed by atoms with E-state index in [2.05, 4.69) is 28.0 Å². The summed E-state index contributed by atoms with van der Waals surface area (Å²) in [6, 6.07) is 5.64. The SMILES string of the molecule is Cc1cscc1CNc1ccnc(C#N)c1. The number of aromatic nitrogens is 1. The third-order valence-electron chi connectivity index (χ3n) is 2.32. The highest BCUT2D eigenvalue weighted by atomic mass is 32.1. The first-order valence-corrected chi connectivity index (χ1v) is 5.85. The molecule has 2 heterocycles. The van der Waals surface area contributed by atoms with Crippen molar-refractivity contribution >= 4 is 17.0 Å². The summed E-state index contributed by atoms with van der Waals surface area (Å²) >= 11 is 1.70. The van der Waals surface area contributed by atoms with Gasteiger partial charge in [-0.05, 0) is 40.9 Å². The fourth-order valence-electron chi connectivity index (χ4n) is 1.37. The summed E-state index contributed by atoms with van der Waals surface area (Å²) in [4.78, 5) is 3.92. The predicted molar refractivity (Wildman–Crippen MR) is 65.3 cm³/mol. The Kier molecular flexibility index (Phi) is 3.18. The molecule has 0 amide bonds. The van der Waals surface area contributed by atoms with E-state index in [1.807, 2.05) is 12.1 Å². The van der Waals surface area contributed by atoms with Crippen LogP contribution in [-0.2, 0) is 6.54 Å². The molecule has 0 aromatic carbocycles. The number of rotatable bonds is 3. The second-order valence-corrected chi connectivity index (χ2v) is 4.22. The van der Waals surface area contributed by atoms with Crippen molar-refractivity contribution in [2.45, 2.75) is 13.5 Å². The zero-order valence-electron chi connectivity index (χ0n) is 8.90. The van der Waals surface area contributed by atoms with Gasteiger partial charge in [0.15, 0.2) is 0 Å². The number of nitrogens with zero attached hydrogens (tertiary/aromatic N) is 2. The molecule has 0 atom stereocenters. The van der Waals surface area contributed by atoms with Gasteiger partial charge in [-0.1, -0.05) is 0 Å². The fourth-order valence-corrected chi connectivity index (χ4v) is 2.22. The molecule has 0 aliphatic carbocycles. The molecule has 4 heteroatoms. The van der Waals surface area contributed by atoms with Crippen LogP contribution in [-0.4, -0.2) is 4.98 Å². The molecule has 1 N–H and O–H groups in total. The van der Waals surface area contributed by atoms with E-state index in [1.54, 1.807) is 23.6 Å². The van der Waals surface area contributed by atoms with Gasteiger partial charge >= 0.3 is 0 Å². The predicted octanol–water partition coefficient (Wildman–Crippen LogP) is 2.94. The Hall–Kier alpha value is -1.86. The molecule has 3 nitrogen and oxygen atoms in total. The molecule has 2 aromatic heterocycles. The van der Waals surface area contributed by atoms with Crippen LogP contribution >= 0.6 is 11.3 Å². The molecule has 0 saturated heterocycles. The van der Waals surface area contributed by atoms with Crippen LogP contribution in [0, 0.1) is 18.3 Å². The molecule has 0 fully saturated rings. The summed E-state index contributed by atoms with van der Waals surface area (Å²) in [5, 5.41) is 16.3. The number of nitrogens with one attached hydrogen (secondary N) is 1. The highest BCUT2D eigenvalue weighted by molar-refractivity contribution is 7.08. The van der Waals surface area contributed by atoms with Crippen LogP contribution in [0.25, 0.3) is 0 Å². The van der Waals surface area contributed by atoms with Crippen molar-refractivity contribution in [3.63, 3.8) is 0 Å². The molecule has 80 valence electrons. The van der Waals surface area contributed by atoms with Crippen molar-refractivity contribution in [2.75, 3.05) is 5.32 Å². The maximum atomic E-state index is 8.72. The normalized spacial score (nSPS) is 9.75. The van der Waals surface area contributed by atoms with E-state index >= 15 is 0 Å². The second kappa shape index (κ2) is 4.77. The van der Waals surface area contributed by atoms with E-state index in [0.29, 0.717) is 5.69 Å². The molecular formula is C12H11N3S. The summed E-state index contributed by atoms with van der Waals surface area (Å²) in [6.07, 6.45) is 1.64. The van der Waals surface area contributed by atoms with E-state index in [4.69, 9.17) is 5.26 Å². The van der Waals surface area contributed by atoms with E-state index in [0.717, 1.165) is 12.2 Å². The highest BCUT2D eigenvalue weighted by Gasteiger charge is 2.00. The molecule has 0 spiro atoms. The second-order valence-electron chi connectivity index (χ2n) is 3.48. The first-order valence-electron chi connectivity index (χ1n) is 4.91. The fraction of sp³-hybridized carbons (Fsp3) is 0.167. The zero-order valence-corrected chi connectivity index (χ0v) is 9.71. The van der Waals surface area contributed by atoms with Crippen LogP contribution in [0.15, 0.2) is 29.1 Å². The average molecular weight is 229 g/mol. The molecule has 0 aliphatic heterocycles. The van der Waals surface area contributed by atoms with Crippen LogP contribution in [0.5, 0.6) is 0 Å². The number of anilines is 1. The Morgan fingerprint density at radius 2 is 2.38 bits per heavy atom. The number of pyridine rings is 1. The third-order valence-corrected chi connectivity index (χ3v) is 3.23. The largest absolute Gasteiger partial charge is 0.381 e. The van der Waals surface area contributed by atoms with Crippen molar-refractivity contribution in [2.24, 2.45) is 0 Å². The molecule has 0 bridgehead atoms. The lowest BCUT2D eigenvalue weighted by atomic mass is 10.2. The summed E-state index contributed by atoms with van der Waals surface area (Å²) in [6.45, 7) is 2.88. The van der Waals surface area contributed by atoms with Gasteiger partial charge in [0.2, 0.25) is 0 Å². The summed E-state index contributed by atoms with van der Waals surface area (Å²) < 4.78 is 0.